The van der Waals surface area contributed by atoms with Crippen LogP contribution in [0.2, 0.25) is 0 Å². The number of aromatic carboxylic acids is 1. The number of hydrogen-bond donors (Lipinski definition) is 1. The predicted octanol–water partition coefficient (Wildman–Crippen LogP) is 2.03. The number of aromatic nitrogens is 3. The Labute approximate surface area is 152 Å². The topological polar surface area (TPSA) is 97.5 Å². The molecule has 0 atom stereocenters. The van der Waals surface area contributed by atoms with E-state index in [1.165, 1.54) is 17.5 Å². The van der Waals surface area contributed by atoms with Gasteiger partial charge in [-0.15, -0.1) is 11.3 Å². The molecule has 0 bridgehead atoms. The number of hydrogen-bond acceptors (Lipinski definition) is 7. The molecule has 0 radical (unpaired) electrons. The van der Waals surface area contributed by atoms with Crippen molar-refractivity contribution in [1.82, 2.24) is 14.5 Å². The molecule has 4 heterocycles. The van der Waals surface area contributed by atoms with Gasteiger partial charge < -0.3 is 14.7 Å². The molecule has 0 amide bonds. The normalized spacial score (nSPS) is 14.7. The first-order valence-electron chi connectivity index (χ1n) is 8.09. The van der Waals surface area contributed by atoms with Crippen molar-refractivity contribution in [2.45, 2.75) is 13.3 Å². The maximum Gasteiger partial charge on any atom is 0.341 e. The van der Waals surface area contributed by atoms with Crippen LogP contribution in [0.25, 0.3) is 16.2 Å². The van der Waals surface area contributed by atoms with E-state index in [9.17, 15) is 14.7 Å². The fraction of sp³-hybridized carbons (Fsp3) is 0.294. The molecule has 26 heavy (non-hydrogen) atoms. The summed E-state index contributed by atoms with van der Waals surface area (Å²) in [5.74, 6) is -0.572. The van der Waals surface area contributed by atoms with E-state index in [2.05, 4.69) is 9.97 Å². The standard InChI is InChI=1S/C17H16N4O4S/c1-10-7-12(20-4-2-5-25-9-20)19-15-13(10)14(22)11(16(23)24)8-21(15)17-18-3-6-26-17/h3,6-8H,2,4-5,9H2,1H3,(H,23,24). The Bertz CT molecular complexity index is 1040. The summed E-state index contributed by atoms with van der Waals surface area (Å²) in [6, 6.07) is 1.80. The first-order chi connectivity index (χ1) is 12.6. The van der Waals surface area contributed by atoms with Crippen LogP contribution in [0.3, 0.4) is 0 Å². The highest BCUT2D eigenvalue weighted by Gasteiger charge is 2.21. The first-order valence-corrected chi connectivity index (χ1v) is 8.97. The van der Waals surface area contributed by atoms with E-state index < -0.39 is 11.4 Å². The molecule has 0 saturated carbocycles. The Morgan fingerprint density at radius 1 is 1.42 bits per heavy atom. The number of carboxylic acids is 1. The minimum Gasteiger partial charge on any atom is -0.477 e. The summed E-state index contributed by atoms with van der Waals surface area (Å²) < 4.78 is 7.07. The van der Waals surface area contributed by atoms with Gasteiger partial charge in [-0.1, -0.05) is 0 Å². The van der Waals surface area contributed by atoms with Gasteiger partial charge in [0.05, 0.1) is 12.0 Å². The van der Waals surface area contributed by atoms with Crippen LogP contribution in [0.4, 0.5) is 5.82 Å². The third kappa shape index (κ3) is 2.74. The number of thiazole rings is 1. The van der Waals surface area contributed by atoms with E-state index in [0.29, 0.717) is 34.3 Å². The van der Waals surface area contributed by atoms with Crippen molar-refractivity contribution in [3.63, 3.8) is 0 Å². The first kappa shape index (κ1) is 16.7. The van der Waals surface area contributed by atoms with Gasteiger partial charge in [0.2, 0.25) is 5.43 Å². The molecule has 0 aliphatic carbocycles. The Balaban J connectivity index is 2.03. The van der Waals surface area contributed by atoms with Gasteiger partial charge in [0.1, 0.15) is 18.1 Å². The maximum absolute atomic E-state index is 12.7. The van der Waals surface area contributed by atoms with Crippen molar-refractivity contribution in [2.75, 3.05) is 24.8 Å². The summed E-state index contributed by atoms with van der Waals surface area (Å²) in [5.41, 5.74) is 0.239. The number of carboxylic acid groups (broad SMARTS) is 1. The Morgan fingerprint density at radius 2 is 2.27 bits per heavy atom. The second-order valence-corrected chi connectivity index (χ2v) is 6.89. The van der Waals surface area contributed by atoms with Gasteiger partial charge in [0, 0.05) is 24.3 Å². The average Bonchev–Trinajstić information content (AvgIpc) is 3.16. The van der Waals surface area contributed by atoms with Crippen molar-refractivity contribution in [1.29, 1.82) is 0 Å². The summed E-state index contributed by atoms with van der Waals surface area (Å²) in [7, 11) is 0. The minimum absolute atomic E-state index is 0.293. The number of nitrogens with zero attached hydrogens (tertiary/aromatic N) is 4. The molecule has 0 spiro atoms. The fourth-order valence-electron chi connectivity index (χ4n) is 3.05. The zero-order valence-corrected chi connectivity index (χ0v) is 14.8. The lowest BCUT2D eigenvalue weighted by atomic mass is 10.1. The van der Waals surface area contributed by atoms with E-state index >= 15 is 0 Å². The van der Waals surface area contributed by atoms with Crippen LogP contribution in [-0.2, 0) is 4.74 Å². The van der Waals surface area contributed by atoms with Crippen LogP contribution in [0.5, 0.6) is 0 Å². The largest absolute Gasteiger partial charge is 0.477 e. The van der Waals surface area contributed by atoms with Gasteiger partial charge in [-0.3, -0.25) is 9.36 Å². The number of ether oxygens (including phenoxy) is 1. The predicted molar refractivity (Wildman–Crippen MR) is 97.5 cm³/mol. The van der Waals surface area contributed by atoms with E-state index in [1.807, 2.05) is 4.90 Å². The molecule has 1 aliphatic heterocycles. The molecule has 0 unspecified atom stereocenters. The van der Waals surface area contributed by atoms with Crippen LogP contribution in [0.15, 0.2) is 28.6 Å². The Hall–Kier alpha value is -2.78. The molecule has 3 aromatic rings. The van der Waals surface area contributed by atoms with Crippen LogP contribution >= 0.6 is 11.3 Å². The van der Waals surface area contributed by atoms with Gasteiger partial charge in [0.25, 0.3) is 0 Å². The molecule has 1 fully saturated rings. The van der Waals surface area contributed by atoms with E-state index in [4.69, 9.17) is 4.74 Å². The monoisotopic (exact) mass is 372 g/mol. The third-order valence-electron chi connectivity index (χ3n) is 4.29. The number of fused-ring (bicyclic) bond motifs is 1. The molecule has 8 nitrogen and oxygen atoms in total. The highest BCUT2D eigenvalue weighted by atomic mass is 32.1. The number of rotatable bonds is 3. The molecular weight excluding hydrogens is 356 g/mol. The summed E-state index contributed by atoms with van der Waals surface area (Å²) in [6.07, 6.45) is 3.82. The summed E-state index contributed by atoms with van der Waals surface area (Å²) >= 11 is 1.34. The molecule has 3 aromatic heterocycles. The van der Waals surface area contributed by atoms with Gasteiger partial charge in [-0.05, 0) is 25.0 Å². The number of pyridine rings is 2. The fourth-order valence-corrected chi connectivity index (χ4v) is 3.67. The summed E-state index contributed by atoms with van der Waals surface area (Å²) in [4.78, 5) is 35.2. The lowest BCUT2D eigenvalue weighted by Crippen LogP contribution is -2.34. The lowest BCUT2D eigenvalue weighted by molar-refractivity contribution is 0.0695. The van der Waals surface area contributed by atoms with Crippen molar-refractivity contribution < 1.29 is 14.6 Å². The Morgan fingerprint density at radius 3 is 2.92 bits per heavy atom. The van der Waals surface area contributed by atoms with Gasteiger partial charge in [0.15, 0.2) is 10.8 Å². The van der Waals surface area contributed by atoms with E-state index in [1.54, 1.807) is 29.1 Å². The molecule has 4 rings (SSSR count). The van der Waals surface area contributed by atoms with Crippen LogP contribution < -0.4 is 10.3 Å². The Kier molecular flexibility index (Phi) is 4.17. The smallest absolute Gasteiger partial charge is 0.341 e. The summed E-state index contributed by atoms with van der Waals surface area (Å²) in [6.45, 7) is 3.76. The average molecular weight is 372 g/mol. The molecule has 134 valence electrons. The lowest BCUT2D eigenvalue weighted by Gasteiger charge is -2.28. The molecule has 1 saturated heterocycles. The SMILES string of the molecule is Cc1cc(N2CCCOC2)nc2c1c(=O)c(C(=O)O)cn2-c1nccs1. The molecule has 9 heteroatoms. The molecule has 1 N–H and O–H groups in total. The van der Waals surface area contributed by atoms with E-state index in [0.717, 1.165) is 19.6 Å². The van der Waals surface area contributed by atoms with Crippen LogP contribution in [0, 0.1) is 6.92 Å². The number of carbonyl (C=O) groups is 1. The quantitative estimate of drug-likeness (QED) is 0.751. The minimum atomic E-state index is -1.27. The zero-order chi connectivity index (χ0) is 18.3. The summed E-state index contributed by atoms with van der Waals surface area (Å²) in [5, 5.41) is 12.1. The zero-order valence-electron chi connectivity index (χ0n) is 14.0. The van der Waals surface area contributed by atoms with E-state index in [-0.39, 0.29) is 5.56 Å². The second kappa shape index (κ2) is 6.50. The highest BCUT2D eigenvalue weighted by molar-refractivity contribution is 7.12. The van der Waals surface area contributed by atoms with Crippen LogP contribution in [0.1, 0.15) is 22.3 Å². The van der Waals surface area contributed by atoms with Gasteiger partial charge in [-0.2, -0.15) is 0 Å². The van der Waals surface area contributed by atoms with Crippen molar-refractivity contribution in [3.05, 3.63) is 45.2 Å². The number of aryl methyl sites for hydroxylation is 1. The molecule has 1 aliphatic rings. The van der Waals surface area contributed by atoms with Crippen molar-refractivity contribution in [3.8, 4) is 5.13 Å². The van der Waals surface area contributed by atoms with Gasteiger partial charge >= 0.3 is 5.97 Å². The van der Waals surface area contributed by atoms with Crippen molar-refractivity contribution in [2.24, 2.45) is 0 Å². The maximum atomic E-state index is 12.7. The molecular formula is C17H16N4O4S. The molecule has 0 aromatic carbocycles. The van der Waals surface area contributed by atoms with Crippen molar-refractivity contribution >= 4 is 34.2 Å². The second-order valence-electron chi connectivity index (χ2n) is 6.01. The number of anilines is 1. The highest BCUT2D eigenvalue weighted by Crippen LogP contribution is 2.25. The third-order valence-corrected chi connectivity index (χ3v) is 5.06. The van der Waals surface area contributed by atoms with Crippen LogP contribution in [-0.4, -0.2) is 45.5 Å². The van der Waals surface area contributed by atoms with Gasteiger partial charge in [-0.25, -0.2) is 14.8 Å².